The van der Waals surface area contributed by atoms with Crippen molar-refractivity contribution in [2.24, 2.45) is 0 Å². The van der Waals surface area contributed by atoms with Crippen molar-refractivity contribution in [1.29, 1.82) is 0 Å². The zero-order valence-electron chi connectivity index (χ0n) is 18.9. The Bertz CT molecular complexity index is 1240. The number of hydrogen-bond donors (Lipinski definition) is 1. The fraction of sp³-hybridized carbons (Fsp3) is 0.308. The van der Waals surface area contributed by atoms with Gasteiger partial charge in [0, 0.05) is 17.4 Å². The van der Waals surface area contributed by atoms with Crippen LogP contribution in [0, 0.1) is 19.7 Å². The molecule has 0 unspecified atom stereocenters. The van der Waals surface area contributed by atoms with Crippen LogP contribution in [0.2, 0.25) is 0 Å². The Balaban J connectivity index is 1.57. The van der Waals surface area contributed by atoms with Crippen molar-refractivity contribution in [2.75, 3.05) is 5.32 Å². The molecule has 0 spiro atoms. The van der Waals surface area contributed by atoms with E-state index >= 15 is 0 Å². The van der Waals surface area contributed by atoms with E-state index in [9.17, 15) is 4.39 Å². The van der Waals surface area contributed by atoms with Crippen LogP contribution in [0.25, 0.3) is 22.6 Å². The molecule has 1 aliphatic carbocycles. The fourth-order valence-electron chi connectivity index (χ4n) is 4.64. The van der Waals surface area contributed by atoms with Crippen LogP contribution < -0.4 is 5.32 Å². The van der Waals surface area contributed by atoms with Crippen LogP contribution in [0.5, 0.6) is 0 Å². The Morgan fingerprint density at radius 2 is 1.67 bits per heavy atom. The first-order chi connectivity index (χ1) is 16.1. The van der Waals surface area contributed by atoms with Crippen LogP contribution in [0.15, 0.2) is 54.7 Å². The zero-order chi connectivity index (χ0) is 22.8. The van der Waals surface area contributed by atoms with Crippen molar-refractivity contribution < 1.29 is 4.39 Å². The molecular formula is C26H27FN6. The highest BCUT2D eigenvalue weighted by Gasteiger charge is 2.25. The van der Waals surface area contributed by atoms with Crippen LogP contribution >= 0.6 is 0 Å². The number of aryl methyl sites for hydroxylation is 2. The van der Waals surface area contributed by atoms with Crippen LogP contribution in [0.4, 0.5) is 16.0 Å². The average molecular weight is 443 g/mol. The van der Waals surface area contributed by atoms with Crippen molar-refractivity contribution in [1.82, 2.24) is 25.0 Å². The van der Waals surface area contributed by atoms with E-state index in [0.717, 1.165) is 35.5 Å². The Morgan fingerprint density at radius 1 is 0.939 bits per heavy atom. The number of anilines is 2. The van der Waals surface area contributed by atoms with Crippen molar-refractivity contribution >= 4 is 11.6 Å². The van der Waals surface area contributed by atoms with E-state index in [0.29, 0.717) is 11.6 Å². The van der Waals surface area contributed by atoms with Gasteiger partial charge >= 0.3 is 0 Å². The third-order valence-corrected chi connectivity index (χ3v) is 6.11. The van der Waals surface area contributed by atoms with Gasteiger partial charge in [0.05, 0.1) is 11.7 Å². The molecule has 2 aromatic heterocycles. The van der Waals surface area contributed by atoms with Crippen molar-refractivity contribution in [2.45, 2.75) is 52.0 Å². The predicted octanol–water partition coefficient (Wildman–Crippen LogP) is 6.41. The molecule has 0 radical (unpaired) electrons. The smallest absolute Gasteiger partial charge is 0.227 e. The van der Waals surface area contributed by atoms with Crippen LogP contribution in [-0.2, 0) is 0 Å². The molecule has 5 rings (SSSR count). The third-order valence-electron chi connectivity index (χ3n) is 6.11. The minimum atomic E-state index is -0.276. The van der Waals surface area contributed by atoms with Gasteiger partial charge in [0.1, 0.15) is 17.2 Å². The summed E-state index contributed by atoms with van der Waals surface area (Å²) in [4.78, 5) is 9.27. The minimum Gasteiger partial charge on any atom is -0.324 e. The summed E-state index contributed by atoms with van der Waals surface area (Å²) in [6.45, 7) is 4.14. The monoisotopic (exact) mass is 442 g/mol. The summed E-state index contributed by atoms with van der Waals surface area (Å²) in [5, 5.41) is 12.4. The maximum Gasteiger partial charge on any atom is 0.227 e. The number of halogens is 1. The Kier molecular flexibility index (Phi) is 5.86. The summed E-state index contributed by atoms with van der Waals surface area (Å²) in [5.74, 6) is 0.237. The minimum absolute atomic E-state index is 0.276. The topological polar surface area (TPSA) is 68.5 Å². The average Bonchev–Trinajstić information content (AvgIpc) is 3.25. The SMILES string of the molecule is Cc1cc(C)cc(Nc2nccc(-c3c(-c4ccc(F)cc4)nnn3C3CCCCC3)n2)c1. The summed E-state index contributed by atoms with van der Waals surface area (Å²) < 4.78 is 15.6. The lowest BCUT2D eigenvalue weighted by Crippen LogP contribution is -2.16. The molecule has 1 saturated carbocycles. The molecule has 1 N–H and O–H groups in total. The van der Waals surface area contributed by atoms with E-state index in [-0.39, 0.29) is 11.9 Å². The lowest BCUT2D eigenvalue weighted by molar-refractivity contribution is 0.326. The summed E-state index contributed by atoms with van der Waals surface area (Å²) in [6.07, 6.45) is 7.50. The van der Waals surface area contributed by atoms with Crippen molar-refractivity contribution in [3.8, 4) is 22.6 Å². The molecule has 0 amide bonds. The second kappa shape index (κ2) is 9.10. The van der Waals surface area contributed by atoms with Gasteiger partial charge in [-0.3, -0.25) is 0 Å². The number of nitrogens with zero attached hydrogens (tertiary/aromatic N) is 5. The number of aromatic nitrogens is 5. The number of benzene rings is 2. The molecule has 2 aromatic carbocycles. The summed E-state index contributed by atoms with van der Waals surface area (Å²) in [7, 11) is 0. The van der Waals surface area contributed by atoms with Gasteiger partial charge in [-0.2, -0.15) is 0 Å². The predicted molar refractivity (Wildman–Crippen MR) is 128 cm³/mol. The Morgan fingerprint density at radius 3 is 2.39 bits per heavy atom. The third kappa shape index (κ3) is 4.62. The van der Waals surface area contributed by atoms with Crippen molar-refractivity contribution in [3.05, 3.63) is 71.7 Å². The first kappa shape index (κ1) is 21.2. The highest BCUT2D eigenvalue weighted by atomic mass is 19.1. The normalized spacial score (nSPS) is 14.4. The standard InChI is InChI=1S/C26H27FN6/c1-17-14-18(2)16-21(15-17)29-26-28-13-12-23(30-26)25-24(19-8-10-20(27)11-9-19)31-32-33(25)22-6-4-3-5-7-22/h8-16,22H,3-7H2,1-2H3,(H,28,29,30). The number of nitrogens with one attached hydrogen (secondary N) is 1. The lowest BCUT2D eigenvalue weighted by atomic mass is 9.95. The van der Waals surface area contributed by atoms with E-state index in [4.69, 9.17) is 4.98 Å². The van der Waals surface area contributed by atoms with Gasteiger partial charge in [-0.15, -0.1) is 5.10 Å². The summed E-state index contributed by atoms with van der Waals surface area (Å²) in [6, 6.07) is 14.8. The highest BCUT2D eigenvalue weighted by Crippen LogP contribution is 2.36. The molecule has 0 bridgehead atoms. The second-order valence-electron chi connectivity index (χ2n) is 8.80. The molecule has 1 aliphatic rings. The molecule has 7 heteroatoms. The largest absolute Gasteiger partial charge is 0.324 e. The van der Waals surface area contributed by atoms with E-state index < -0.39 is 0 Å². The molecule has 0 atom stereocenters. The molecule has 1 fully saturated rings. The van der Waals surface area contributed by atoms with Gasteiger partial charge in [-0.1, -0.05) is 30.5 Å². The van der Waals surface area contributed by atoms with Gasteiger partial charge in [0.15, 0.2) is 0 Å². The molecule has 0 saturated heterocycles. The summed E-state index contributed by atoms with van der Waals surface area (Å²) in [5.41, 5.74) is 6.40. The quantitative estimate of drug-likeness (QED) is 0.387. The lowest BCUT2D eigenvalue weighted by Gasteiger charge is -2.23. The Labute approximate surface area is 192 Å². The van der Waals surface area contributed by atoms with Gasteiger partial charge in [0.25, 0.3) is 0 Å². The van der Waals surface area contributed by atoms with Crippen LogP contribution in [0.1, 0.15) is 49.3 Å². The molecule has 4 aromatic rings. The molecule has 6 nitrogen and oxygen atoms in total. The maximum absolute atomic E-state index is 13.6. The van der Waals surface area contributed by atoms with E-state index in [1.807, 2.05) is 10.7 Å². The second-order valence-corrected chi connectivity index (χ2v) is 8.80. The maximum atomic E-state index is 13.6. The van der Waals surface area contributed by atoms with Gasteiger partial charge in [-0.25, -0.2) is 19.0 Å². The molecule has 2 heterocycles. The van der Waals surface area contributed by atoms with E-state index in [1.54, 1.807) is 18.3 Å². The first-order valence-corrected chi connectivity index (χ1v) is 11.5. The zero-order valence-corrected chi connectivity index (χ0v) is 18.9. The van der Waals surface area contributed by atoms with Gasteiger partial charge in [0.2, 0.25) is 5.95 Å². The van der Waals surface area contributed by atoms with E-state index in [1.165, 1.54) is 42.5 Å². The summed E-state index contributed by atoms with van der Waals surface area (Å²) >= 11 is 0. The number of rotatable bonds is 5. The Hall–Kier alpha value is -3.61. The molecule has 168 valence electrons. The van der Waals surface area contributed by atoms with Gasteiger partial charge in [-0.05, 0) is 80.3 Å². The highest BCUT2D eigenvalue weighted by molar-refractivity contribution is 5.76. The fourth-order valence-corrected chi connectivity index (χ4v) is 4.64. The van der Waals surface area contributed by atoms with Gasteiger partial charge < -0.3 is 5.32 Å². The van der Waals surface area contributed by atoms with E-state index in [2.05, 4.69) is 52.7 Å². The molecule has 0 aliphatic heterocycles. The molecular weight excluding hydrogens is 415 g/mol. The van der Waals surface area contributed by atoms with Crippen LogP contribution in [0.3, 0.4) is 0 Å². The number of hydrogen-bond acceptors (Lipinski definition) is 5. The molecule has 33 heavy (non-hydrogen) atoms. The first-order valence-electron chi connectivity index (χ1n) is 11.5. The van der Waals surface area contributed by atoms with Crippen molar-refractivity contribution in [3.63, 3.8) is 0 Å². The van der Waals surface area contributed by atoms with Crippen LogP contribution in [-0.4, -0.2) is 25.0 Å².